The molecular formula is C10H15BrN2O3S. The first-order valence-corrected chi connectivity index (χ1v) is 7.32. The molecule has 1 aromatic carbocycles. The van der Waals surface area contributed by atoms with Gasteiger partial charge in [-0.2, -0.15) is 0 Å². The van der Waals surface area contributed by atoms with E-state index in [1.807, 2.05) is 30.3 Å². The number of hydrogen-bond acceptors (Lipinski definition) is 3. The van der Waals surface area contributed by atoms with Crippen LogP contribution in [0.2, 0.25) is 0 Å². The van der Waals surface area contributed by atoms with Crippen LogP contribution in [-0.2, 0) is 10.0 Å². The summed E-state index contributed by atoms with van der Waals surface area (Å²) >= 11 is 3.31. The summed E-state index contributed by atoms with van der Waals surface area (Å²) in [6.07, 6.45) is 0.461. The molecule has 0 aliphatic heterocycles. The predicted octanol–water partition coefficient (Wildman–Crippen LogP) is 1.84. The first-order valence-electron chi connectivity index (χ1n) is 4.88. The van der Waals surface area contributed by atoms with Crippen molar-refractivity contribution >= 4 is 32.0 Å². The highest BCUT2D eigenvalue weighted by Gasteiger charge is 2.09. The third-order valence-corrected chi connectivity index (χ3v) is 3.45. The monoisotopic (exact) mass is 322 g/mol. The van der Waals surface area contributed by atoms with Crippen LogP contribution in [0.15, 0.2) is 34.8 Å². The van der Waals surface area contributed by atoms with Crippen LogP contribution < -0.4 is 10.5 Å². The largest absolute Gasteiger partial charge is 0.351 e. The van der Waals surface area contributed by atoms with Gasteiger partial charge in [0.1, 0.15) is 0 Å². The molecule has 7 heteroatoms. The zero-order valence-electron chi connectivity index (χ0n) is 9.39. The lowest BCUT2D eigenvalue weighted by Crippen LogP contribution is -2.36. The van der Waals surface area contributed by atoms with Gasteiger partial charge in [0.25, 0.3) is 0 Å². The average molecular weight is 323 g/mol. The zero-order valence-corrected chi connectivity index (χ0v) is 11.8. The Hall–Kier alpha value is -1.08. The fourth-order valence-corrected chi connectivity index (χ4v) is 2.14. The van der Waals surface area contributed by atoms with Crippen LogP contribution in [0.4, 0.5) is 4.79 Å². The molecular weight excluding hydrogens is 308 g/mol. The Kier molecular flexibility index (Phi) is 7.56. The topological polar surface area (TPSA) is 89.3 Å². The maximum Gasteiger partial charge on any atom is 0.325 e. The average Bonchev–Trinajstić information content (AvgIpc) is 2.17. The van der Waals surface area contributed by atoms with E-state index >= 15 is 0 Å². The molecule has 17 heavy (non-hydrogen) atoms. The van der Waals surface area contributed by atoms with E-state index in [4.69, 9.17) is 0 Å². The van der Waals surface area contributed by atoms with Gasteiger partial charge in [-0.3, -0.25) is 0 Å². The van der Waals surface area contributed by atoms with Gasteiger partial charge in [0, 0.05) is 4.47 Å². The SMILES string of the molecule is Brc1ccccc1.CCCS(=O)(=O)NC(N)=O. The van der Waals surface area contributed by atoms with Crippen molar-refractivity contribution in [2.45, 2.75) is 13.3 Å². The molecule has 0 aromatic heterocycles. The molecule has 0 spiro atoms. The highest BCUT2D eigenvalue weighted by molar-refractivity contribution is 9.10. The standard InChI is InChI=1S/C6H5Br.C4H10N2O3S/c7-6-4-2-1-3-5-6;1-2-3-10(8,9)6-4(5)7/h1-5H;2-3H2,1H3,(H3,5,6,7). The Morgan fingerprint density at radius 3 is 2.18 bits per heavy atom. The second kappa shape index (κ2) is 8.08. The third kappa shape index (κ3) is 9.83. The summed E-state index contributed by atoms with van der Waals surface area (Å²) in [5.41, 5.74) is 4.58. The van der Waals surface area contributed by atoms with Crippen LogP contribution in [0.25, 0.3) is 0 Å². The predicted molar refractivity (Wildman–Crippen MR) is 70.9 cm³/mol. The molecule has 1 aromatic rings. The van der Waals surface area contributed by atoms with E-state index in [-0.39, 0.29) is 5.75 Å². The third-order valence-electron chi connectivity index (χ3n) is 1.46. The van der Waals surface area contributed by atoms with Crippen molar-refractivity contribution in [3.8, 4) is 0 Å². The fourth-order valence-electron chi connectivity index (χ4n) is 0.888. The molecule has 0 bridgehead atoms. The molecule has 3 N–H and O–H groups in total. The molecule has 1 rings (SSSR count). The molecule has 0 aliphatic carbocycles. The lowest BCUT2D eigenvalue weighted by molar-refractivity contribution is 0.253. The van der Waals surface area contributed by atoms with E-state index < -0.39 is 16.1 Å². The van der Waals surface area contributed by atoms with Crippen LogP contribution in [0, 0.1) is 0 Å². The zero-order chi connectivity index (χ0) is 13.3. The number of sulfonamides is 1. The lowest BCUT2D eigenvalue weighted by Gasteiger charge is -1.99. The summed E-state index contributed by atoms with van der Waals surface area (Å²) in [5.74, 6) is -0.0735. The molecule has 0 unspecified atom stereocenters. The van der Waals surface area contributed by atoms with Crippen LogP contribution in [0.3, 0.4) is 0 Å². The van der Waals surface area contributed by atoms with Crippen molar-refractivity contribution in [1.82, 2.24) is 4.72 Å². The second-order valence-corrected chi connectivity index (χ2v) is 5.84. The number of amides is 2. The highest BCUT2D eigenvalue weighted by Crippen LogP contribution is 2.05. The Morgan fingerprint density at radius 2 is 1.88 bits per heavy atom. The van der Waals surface area contributed by atoms with Crippen molar-refractivity contribution in [3.63, 3.8) is 0 Å². The first-order chi connectivity index (χ1) is 7.87. The Labute approximate surface area is 110 Å². The number of rotatable bonds is 3. The minimum absolute atomic E-state index is 0.0735. The number of urea groups is 1. The number of primary amides is 1. The first kappa shape index (κ1) is 15.9. The molecule has 0 saturated heterocycles. The number of nitrogens with one attached hydrogen (secondary N) is 1. The minimum Gasteiger partial charge on any atom is -0.351 e. The second-order valence-electron chi connectivity index (χ2n) is 3.08. The van der Waals surface area contributed by atoms with E-state index in [1.165, 1.54) is 0 Å². The van der Waals surface area contributed by atoms with Gasteiger partial charge in [-0.15, -0.1) is 0 Å². The van der Waals surface area contributed by atoms with E-state index in [0.29, 0.717) is 6.42 Å². The van der Waals surface area contributed by atoms with Crippen molar-refractivity contribution in [1.29, 1.82) is 0 Å². The minimum atomic E-state index is -3.46. The molecule has 96 valence electrons. The van der Waals surface area contributed by atoms with Crippen LogP contribution in [0.1, 0.15) is 13.3 Å². The van der Waals surface area contributed by atoms with Crippen molar-refractivity contribution in [2.24, 2.45) is 5.73 Å². The summed E-state index contributed by atoms with van der Waals surface area (Å²) in [6, 6.07) is 8.94. The summed E-state index contributed by atoms with van der Waals surface area (Å²) in [4.78, 5) is 10.0. The smallest absolute Gasteiger partial charge is 0.325 e. The molecule has 2 amide bonds. The van der Waals surface area contributed by atoms with Gasteiger partial charge < -0.3 is 5.73 Å². The van der Waals surface area contributed by atoms with Crippen molar-refractivity contribution in [2.75, 3.05) is 5.75 Å². The number of carbonyl (C=O) groups is 1. The van der Waals surface area contributed by atoms with Crippen LogP contribution in [-0.4, -0.2) is 20.2 Å². The highest BCUT2D eigenvalue weighted by atomic mass is 79.9. The summed E-state index contributed by atoms with van der Waals surface area (Å²) < 4.78 is 24.0. The van der Waals surface area contributed by atoms with Crippen LogP contribution >= 0.6 is 15.9 Å². The van der Waals surface area contributed by atoms with Gasteiger partial charge in [-0.05, 0) is 18.6 Å². The molecule has 0 aliphatic rings. The van der Waals surface area contributed by atoms with Gasteiger partial charge in [0.05, 0.1) is 5.75 Å². The quantitative estimate of drug-likeness (QED) is 0.889. The molecule has 0 heterocycles. The van der Waals surface area contributed by atoms with E-state index in [9.17, 15) is 13.2 Å². The van der Waals surface area contributed by atoms with Gasteiger partial charge >= 0.3 is 6.03 Å². The Bertz CT molecular complexity index is 434. The maximum absolute atomic E-state index is 10.6. The molecule has 0 fully saturated rings. The summed E-state index contributed by atoms with van der Waals surface area (Å²) in [5, 5.41) is 0. The number of nitrogens with two attached hydrogens (primary N) is 1. The number of hydrogen-bond donors (Lipinski definition) is 2. The Morgan fingerprint density at radius 1 is 1.35 bits per heavy atom. The number of halogens is 1. The lowest BCUT2D eigenvalue weighted by atomic mass is 10.4. The molecule has 5 nitrogen and oxygen atoms in total. The van der Waals surface area contributed by atoms with E-state index in [1.54, 1.807) is 11.6 Å². The Balaban J connectivity index is 0.000000318. The molecule has 0 atom stereocenters. The van der Waals surface area contributed by atoms with Crippen molar-refractivity contribution < 1.29 is 13.2 Å². The van der Waals surface area contributed by atoms with Gasteiger partial charge in [0.15, 0.2) is 0 Å². The van der Waals surface area contributed by atoms with E-state index in [0.717, 1.165) is 4.47 Å². The maximum atomic E-state index is 10.6. The van der Waals surface area contributed by atoms with E-state index in [2.05, 4.69) is 21.7 Å². The normalized spacial score (nSPS) is 10.0. The summed E-state index contributed by atoms with van der Waals surface area (Å²) in [6.45, 7) is 1.69. The van der Waals surface area contributed by atoms with Crippen molar-refractivity contribution in [3.05, 3.63) is 34.8 Å². The number of carbonyl (C=O) groups excluding carboxylic acids is 1. The fraction of sp³-hybridized carbons (Fsp3) is 0.300. The molecule has 0 radical (unpaired) electrons. The van der Waals surface area contributed by atoms with Gasteiger partial charge in [0.2, 0.25) is 10.0 Å². The van der Waals surface area contributed by atoms with Gasteiger partial charge in [-0.1, -0.05) is 41.1 Å². The number of benzene rings is 1. The van der Waals surface area contributed by atoms with Gasteiger partial charge in [-0.25, -0.2) is 17.9 Å². The van der Waals surface area contributed by atoms with Crippen LogP contribution in [0.5, 0.6) is 0 Å². The summed E-state index contributed by atoms with van der Waals surface area (Å²) in [7, 11) is -3.46. The molecule has 0 saturated carbocycles.